The highest BCUT2D eigenvalue weighted by Gasteiger charge is 2.24. The van der Waals surface area contributed by atoms with Crippen molar-refractivity contribution in [2.45, 2.75) is 23.1 Å². The number of hydrogen-bond acceptors (Lipinski definition) is 7. The fourth-order valence-corrected chi connectivity index (χ4v) is 2.82. The highest BCUT2D eigenvalue weighted by atomic mass is 32.2. The highest BCUT2D eigenvalue weighted by molar-refractivity contribution is 7.86. The molecule has 12 heteroatoms. The van der Waals surface area contributed by atoms with Gasteiger partial charge in [-0.25, -0.2) is 0 Å². The zero-order valence-corrected chi connectivity index (χ0v) is 12.7. The Hall–Kier alpha value is -2.02. The Morgan fingerprint density at radius 2 is 1.59 bits per heavy atom. The van der Waals surface area contributed by atoms with Crippen molar-refractivity contribution in [2.24, 2.45) is 0 Å². The number of rotatable bonds is 5. The third kappa shape index (κ3) is 4.49. The molecule has 1 aromatic rings. The number of nitrogens with two attached hydrogens (primary N) is 1. The summed E-state index contributed by atoms with van der Waals surface area (Å²) in [7, 11) is -9.65. The summed E-state index contributed by atoms with van der Waals surface area (Å²) in [5.41, 5.74) is 4.01. The van der Waals surface area contributed by atoms with Crippen molar-refractivity contribution in [3.8, 4) is 0 Å². The number of ketones is 1. The summed E-state index contributed by atoms with van der Waals surface area (Å²) in [6.07, 6.45) is -0.601. The van der Waals surface area contributed by atoms with Gasteiger partial charge in [-0.15, -0.1) is 0 Å². The standard InChI is InChI=1S/C10H12N2O8S2/c1-5(13)2-10(14)12-7-4-8(21(15,16)17)6(11)3-9(7)22(18,19)20/h3-4H,2,11H2,1H3,(H,12,14)(H,15,16,17)(H,18,19,20). The first-order valence-corrected chi connectivity index (χ1v) is 8.38. The molecule has 0 bridgehead atoms. The number of Topliss-reactive ketones (excluding diaryl/α,β-unsaturated/α-hetero) is 1. The van der Waals surface area contributed by atoms with E-state index in [2.05, 4.69) is 0 Å². The lowest BCUT2D eigenvalue weighted by molar-refractivity contribution is -0.124. The SMILES string of the molecule is CC(=O)CC(=O)Nc1cc(S(=O)(=O)O)c(N)cc1S(=O)(=O)O. The number of amides is 1. The number of anilines is 2. The summed E-state index contributed by atoms with van der Waals surface area (Å²) in [5, 5.41) is 1.96. The number of carbonyl (C=O) groups excluding carboxylic acids is 2. The third-order valence-corrected chi connectivity index (χ3v) is 4.15. The molecule has 5 N–H and O–H groups in total. The lowest BCUT2D eigenvalue weighted by atomic mass is 10.2. The molecule has 0 spiro atoms. The largest absolute Gasteiger partial charge is 0.398 e. The predicted octanol–water partition coefficient (Wildman–Crippen LogP) is -0.320. The van der Waals surface area contributed by atoms with Gasteiger partial charge in [0.15, 0.2) is 0 Å². The van der Waals surface area contributed by atoms with Crippen molar-refractivity contribution in [2.75, 3.05) is 11.1 Å². The van der Waals surface area contributed by atoms with Crippen LogP contribution in [0.2, 0.25) is 0 Å². The Bertz CT molecular complexity index is 842. The van der Waals surface area contributed by atoms with Gasteiger partial charge < -0.3 is 11.1 Å². The molecule has 0 fully saturated rings. The van der Waals surface area contributed by atoms with Crippen molar-refractivity contribution in [1.29, 1.82) is 0 Å². The second-order valence-corrected chi connectivity index (χ2v) is 7.04. The van der Waals surface area contributed by atoms with Crippen molar-refractivity contribution in [3.63, 3.8) is 0 Å². The average Bonchev–Trinajstić information content (AvgIpc) is 2.26. The minimum Gasteiger partial charge on any atom is -0.398 e. The first-order valence-electron chi connectivity index (χ1n) is 5.50. The molecule has 0 atom stereocenters. The number of benzene rings is 1. The van der Waals surface area contributed by atoms with Crippen LogP contribution in [0.15, 0.2) is 21.9 Å². The summed E-state index contributed by atoms with van der Waals surface area (Å²) >= 11 is 0. The average molecular weight is 352 g/mol. The van der Waals surface area contributed by atoms with Gasteiger partial charge in [0.25, 0.3) is 20.2 Å². The first kappa shape index (κ1) is 18.0. The molecule has 1 amide bonds. The lowest BCUT2D eigenvalue weighted by Crippen LogP contribution is -2.18. The summed E-state index contributed by atoms with van der Waals surface area (Å²) in [5.74, 6) is -1.47. The Labute approximate surface area is 125 Å². The van der Waals surface area contributed by atoms with Crippen molar-refractivity contribution < 1.29 is 35.5 Å². The Morgan fingerprint density at radius 1 is 1.09 bits per heavy atom. The van der Waals surface area contributed by atoms with E-state index in [0.717, 1.165) is 6.92 Å². The van der Waals surface area contributed by atoms with E-state index in [9.17, 15) is 26.4 Å². The molecule has 0 radical (unpaired) electrons. The molecule has 1 aromatic carbocycles. The van der Waals surface area contributed by atoms with Gasteiger partial charge in [0.05, 0.1) is 17.8 Å². The minimum atomic E-state index is -4.85. The van der Waals surface area contributed by atoms with E-state index in [1.165, 1.54) is 0 Å². The molecule has 0 unspecified atom stereocenters. The van der Waals surface area contributed by atoms with Crippen LogP contribution in [-0.4, -0.2) is 37.6 Å². The number of hydrogen-bond donors (Lipinski definition) is 4. The van der Waals surface area contributed by atoms with Crippen LogP contribution in [-0.2, 0) is 29.8 Å². The van der Waals surface area contributed by atoms with Crippen molar-refractivity contribution in [3.05, 3.63) is 12.1 Å². The maximum Gasteiger partial charge on any atom is 0.296 e. The molecule has 10 nitrogen and oxygen atoms in total. The van der Waals surface area contributed by atoms with Gasteiger partial charge in [-0.1, -0.05) is 0 Å². The number of nitrogen functional groups attached to an aromatic ring is 1. The van der Waals surface area contributed by atoms with Crippen molar-refractivity contribution in [1.82, 2.24) is 0 Å². The second kappa shape index (κ2) is 6.00. The van der Waals surface area contributed by atoms with Crippen LogP contribution >= 0.6 is 0 Å². The van der Waals surface area contributed by atoms with E-state index < -0.39 is 59.5 Å². The summed E-state index contributed by atoms with van der Waals surface area (Å²) in [6.45, 7) is 1.11. The molecule has 0 aliphatic rings. The monoisotopic (exact) mass is 352 g/mol. The molecule has 122 valence electrons. The highest BCUT2D eigenvalue weighted by Crippen LogP contribution is 2.30. The van der Waals surface area contributed by atoms with Crippen LogP contribution in [0.5, 0.6) is 0 Å². The molecule has 0 saturated heterocycles. The van der Waals surface area contributed by atoms with E-state index in [4.69, 9.17) is 14.8 Å². The molecule has 0 heterocycles. The first-order chi connectivity index (χ1) is 9.82. The normalized spacial score (nSPS) is 12.0. The third-order valence-electron chi connectivity index (χ3n) is 2.35. The van der Waals surface area contributed by atoms with Crippen LogP contribution in [0.1, 0.15) is 13.3 Å². The zero-order valence-electron chi connectivity index (χ0n) is 11.1. The van der Waals surface area contributed by atoms with E-state index in [-0.39, 0.29) is 0 Å². The molecular formula is C10H12N2O8S2. The zero-order chi connectivity index (χ0) is 17.3. The molecule has 0 aromatic heterocycles. The topological polar surface area (TPSA) is 181 Å². The van der Waals surface area contributed by atoms with Crippen molar-refractivity contribution >= 4 is 43.3 Å². The lowest BCUT2D eigenvalue weighted by Gasteiger charge is -2.12. The molecule has 0 aliphatic carbocycles. The van der Waals surface area contributed by atoms with Gasteiger partial charge in [-0.05, 0) is 19.1 Å². The van der Waals surface area contributed by atoms with E-state index in [1.807, 2.05) is 5.32 Å². The summed E-state index contributed by atoms with van der Waals surface area (Å²) < 4.78 is 62.8. The van der Waals surface area contributed by atoms with Gasteiger partial charge >= 0.3 is 0 Å². The smallest absolute Gasteiger partial charge is 0.296 e. The quantitative estimate of drug-likeness (QED) is 0.313. The van der Waals surface area contributed by atoms with Gasteiger partial charge in [0.2, 0.25) is 5.91 Å². The number of carbonyl (C=O) groups is 2. The molecule has 0 saturated carbocycles. The predicted molar refractivity (Wildman–Crippen MR) is 74.4 cm³/mol. The Kier molecular flexibility index (Phi) is 4.92. The van der Waals surface area contributed by atoms with E-state index >= 15 is 0 Å². The Balaban J connectivity index is 3.51. The number of nitrogens with one attached hydrogen (secondary N) is 1. The molecule has 22 heavy (non-hydrogen) atoms. The van der Waals surface area contributed by atoms with Crippen LogP contribution in [0.25, 0.3) is 0 Å². The molecule has 1 rings (SSSR count). The Morgan fingerprint density at radius 3 is 2.00 bits per heavy atom. The maximum absolute atomic E-state index is 11.5. The van der Waals surface area contributed by atoms with Crippen LogP contribution < -0.4 is 11.1 Å². The maximum atomic E-state index is 11.5. The van der Waals surface area contributed by atoms with E-state index in [0.29, 0.717) is 12.1 Å². The second-order valence-electron chi connectivity index (χ2n) is 4.26. The molecular weight excluding hydrogens is 340 g/mol. The molecule has 0 aliphatic heterocycles. The van der Waals surface area contributed by atoms with Gasteiger partial charge in [-0.3, -0.25) is 18.7 Å². The van der Waals surface area contributed by atoms with E-state index in [1.54, 1.807) is 0 Å². The van der Waals surface area contributed by atoms with Gasteiger partial charge in [0.1, 0.15) is 15.6 Å². The fourth-order valence-electron chi connectivity index (χ4n) is 1.53. The summed E-state index contributed by atoms with van der Waals surface area (Å²) in [4.78, 5) is 20.6. The van der Waals surface area contributed by atoms with Gasteiger partial charge in [-0.2, -0.15) is 16.8 Å². The minimum absolute atomic E-state index is 0.531. The summed E-state index contributed by atoms with van der Waals surface area (Å²) in [6, 6.07) is 1.12. The fraction of sp³-hybridized carbons (Fsp3) is 0.200. The van der Waals surface area contributed by atoms with Crippen LogP contribution in [0.3, 0.4) is 0 Å². The van der Waals surface area contributed by atoms with Crippen LogP contribution in [0.4, 0.5) is 11.4 Å². The van der Waals surface area contributed by atoms with Crippen LogP contribution in [0, 0.1) is 0 Å². The van der Waals surface area contributed by atoms with Gasteiger partial charge in [0, 0.05) is 0 Å².